The zero-order chi connectivity index (χ0) is 10.6. The lowest BCUT2D eigenvalue weighted by atomic mass is 10.2. The Balaban J connectivity index is 2.80. The number of hydrogen-bond acceptors (Lipinski definition) is 1. The molecule has 0 aliphatic rings. The topological polar surface area (TPSA) is 43.1 Å². The molecule has 0 spiro atoms. The van der Waals surface area contributed by atoms with E-state index >= 15 is 0 Å². The molecule has 0 atom stereocenters. The highest BCUT2D eigenvalue weighted by Gasteiger charge is 1.97. The van der Waals surface area contributed by atoms with Gasteiger partial charge in [0.25, 0.3) is 0 Å². The molecule has 0 aliphatic heterocycles. The van der Waals surface area contributed by atoms with Gasteiger partial charge < -0.3 is 5.73 Å². The first-order chi connectivity index (χ1) is 6.59. The average molecular weight is 275 g/mol. The monoisotopic (exact) mass is 273 g/mol. The van der Waals surface area contributed by atoms with Gasteiger partial charge in [-0.2, -0.15) is 0 Å². The minimum absolute atomic E-state index is 0.225. The van der Waals surface area contributed by atoms with E-state index < -0.39 is 0 Å². The highest BCUT2D eigenvalue weighted by atomic mass is 79.9. The van der Waals surface area contributed by atoms with Crippen molar-refractivity contribution >= 4 is 39.5 Å². The van der Waals surface area contributed by atoms with Crippen LogP contribution in [0.2, 0.25) is 5.02 Å². The zero-order valence-corrected chi connectivity index (χ0v) is 9.68. The van der Waals surface area contributed by atoms with Gasteiger partial charge in [-0.25, -0.2) is 0 Å². The third-order valence-corrected chi connectivity index (χ3v) is 2.41. The molecule has 1 rings (SSSR count). The maximum Gasteiger partial charge on any atom is 0.221 e. The van der Waals surface area contributed by atoms with E-state index in [1.54, 1.807) is 18.2 Å². The summed E-state index contributed by atoms with van der Waals surface area (Å²) in [5, 5.41) is 0.647. The van der Waals surface area contributed by atoms with E-state index in [4.69, 9.17) is 17.3 Å². The standard InChI is InChI=1S/C10H9BrClNO/c11-8-4-5-9(12)7(6-8)2-1-3-10(13)14/h1-2,4-6H,3H2,(H2,13,14). The fourth-order valence-electron chi connectivity index (χ4n) is 0.944. The maximum atomic E-state index is 10.5. The molecular weight excluding hydrogens is 265 g/mol. The van der Waals surface area contributed by atoms with Gasteiger partial charge >= 0.3 is 0 Å². The molecule has 1 amide bonds. The van der Waals surface area contributed by atoms with Gasteiger partial charge in [0.1, 0.15) is 0 Å². The lowest BCUT2D eigenvalue weighted by molar-refractivity contribution is -0.117. The highest BCUT2D eigenvalue weighted by molar-refractivity contribution is 9.10. The highest BCUT2D eigenvalue weighted by Crippen LogP contribution is 2.22. The number of amides is 1. The normalized spacial score (nSPS) is 10.7. The van der Waals surface area contributed by atoms with Gasteiger partial charge in [-0.3, -0.25) is 4.79 Å². The van der Waals surface area contributed by atoms with Crippen molar-refractivity contribution in [2.24, 2.45) is 5.73 Å². The van der Waals surface area contributed by atoms with Crippen molar-refractivity contribution in [1.82, 2.24) is 0 Å². The molecule has 0 bridgehead atoms. The molecule has 0 aliphatic carbocycles. The second-order valence-electron chi connectivity index (χ2n) is 2.74. The third kappa shape index (κ3) is 3.52. The first-order valence-electron chi connectivity index (χ1n) is 3.99. The number of nitrogens with two attached hydrogens (primary N) is 1. The Morgan fingerprint density at radius 2 is 2.29 bits per heavy atom. The van der Waals surface area contributed by atoms with Crippen LogP contribution in [0.5, 0.6) is 0 Å². The van der Waals surface area contributed by atoms with Crippen LogP contribution >= 0.6 is 27.5 Å². The SMILES string of the molecule is NC(=O)CC=Cc1cc(Br)ccc1Cl. The van der Waals surface area contributed by atoms with Crippen LogP contribution in [0.4, 0.5) is 0 Å². The summed E-state index contributed by atoms with van der Waals surface area (Å²) >= 11 is 9.26. The number of carbonyl (C=O) groups excluding carboxylic acids is 1. The van der Waals surface area contributed by atoms with Gasteiger partial charge in [0.15, 0.2) is 0 Å². The van der Waals surface area contributed by atoms with Crippen LogP contribution < -0.4 is 5.73 Å². The Labute approximate surface area is 95.9 Å². The minimum Gasteiger partial charge on any atom is -0.369 e. The summed E-state index contributed by atoms with van der Waals surface area (Å²) in [5.41, 5.74) is 5.86. The number of primary amides is 1. The van der Waals surface area contributed by atoms with Crippen molar-refractivity contribution in [3.05, 3.63) is 39.3 Å². The van der Waals surface area contributed by atoms with Crippen molar-refractivity contribution in [3.8, 4) is 0 Å². The summed E-state index contributed by atoms with van der Waals surface area (Å²) in [6.07, 6.45) is 3.69. The van der Waals surface area contributed by atoms with Crippen LogP contribution in [-0.4, -0.2) is 5.91 Å². The van der Waals surface area contributed by atoms with Gasteiger partial charge in [-0.15, -0.1) is 0 Å². The molecule has 2 N–H and O–H groups in total. The summed E-state index contributed by atoms with van der Waals surface area (Å²) in [6, 6.07) is 5.52. The lowest BCUT2D eigenvalue weighted by Gasteiger charge is -1.98. The van der Waals surface area contributed by atoms with Crippen molar-refractivity contribution in [1.29, 1.82) is 0 Å². The molecule has 14 heavy (non-hydrogen) atoms. The van der Waals surface area contributed by atoms with E-state index in [-0.39, 0.29) is 12.3 Å². The largest absolute Gasteiger partial charge is 0.369 e. The number of hydrogen-bond donors (Lipinski definition) is 1. The van der Waals surface area contributed by atoms with E-state index in [0.717, 1.165) is 10.0 Å². The molecule has 0 unspecified atom stereocenters. The molecular formula is C10H9BrClNO. The first kappa shape index (κ1) is 11.3. The van der Waals surface area contributed by atoms with Crippen molar-refractivity contribution in [3.63, 3.8) is 0 Å². The summed E-state index contributed by atoms with van der Waals surface area (Å²) in [5.74, 6) is -0.354. The Morgan fingerprint density at radius 3 is 2.93 bits per heavy atom. The van der Waals surface area contributed by atoms with E-state index in [9.17, 15) is 4.79 Å². The fourth-order valence-corrected chi connectivity index (χ4v) is 1.50. The minimum atomic E-state index is -0.354. The number of carbonyl (C=O) groups is 1. The van der Waals surface area contributed by atoms with Gasteiger partial charge in [-0.05, 0) is 23.8 Å². The van der Waals surface area contributed by atoms with E-state index in [0.29, 0.717) is 5.02 Å². The molecule has 1 aromatic carbocycles. The molecule has 0 radical (unpaired) electrons. The lowest BCUT2D eigenvalue weighted by Crippen LogP contribution is -2.07. The Hall–Kier alpha value is -0.800. The van der Waals surface area contributed by atoms with Crippen LogP contribution in [0.25, 0.3) is 6.08 Å². The fraction of sp³-hybridized carbons (Fsp3) is 0.100. The van der Waals surface area contributed by atoms with Crippen molar-refractivity contribution in [2.75, 3.05) is 0 Å². The third-order valence-electron chi connectivity index (χ3n) is 1.57. The summed E-state index contributed by atoms with van der Waals surface area (Å²) in [6.45, 7) is 0. The van der Waals surface area contributed by atoms with Gasteiger partial charge in [-0.1, -0.05) is 39.7 Å². The van der Waals surface area contributed by atoms with Crippen LogP contribution in [0.1, 0.15) is 12.0 Å². The molecule has 0 saturated carbocycles. The summed E-state index contributed by atoms with van der Waals surface area (Å²) < 4.78 is 0.945. The molecule has 1 aromatic rings. The smallest absolute Gasteiger partial charge is 0.221 e. The first-order valence-corrected chi connectivity index (χ1v) is 5.16. The second kappa shape index (κ2) is 5.17. The molecule has 0 fully saturated rings. The Morgan fingerprint density at radius 1 is 1.57 bits per heavy atom. The van der Waals surface area contributed by atoms with Gasteiger partial charge in [0.2, 0.25) is 5.91 Å². The van der Waals surface area contributed by atoms with Crippen LogP contribution in [0.3, 0.4) is 0 Å². The van der Waals surface area contributed by atoms with E-state index in [1.807, 2.05) is 12.1 Å². The Bertz CT molecular complexity index is 376. The van der Waals surface area contributed by atoms with Gasteiger partial charge in [0, 0.05) is 15.9 Å². The molecule has 2 nitrogen and oxygen atoms in total. The van der Waals surface area contributed by atoms with Crippen LogP contribution in [0, 0.1) is 0 Å². The quantitative estimate of drug-likeness (QED) is 0.904. The molecule has 0 saturated heterocycles. The molecule has 0 heterocycles. The van der Waals surface area contributed by atoms with E-state index in [2.05, 4.69) is 15.9 Å². The van der Waals surface area contributed by atoms with Gasteiger partial charge in [0.05, 0.1) is 0 Å². The summed E-state index contributed by atoms with van der Waals surface area (Å²) in [4.78, 5) is 10.5. The van der Waals surface area contributed by atoms with Crippen molar-refractivity contribution < 1.29 is 4.79 Å². The molecule has 74 valence electrons. The average Bonchev–Trinajstić information content (AvgIpc) is 2.10. The predicted molar refractivity (Wildman–Crippen MR) is 62.0 cm³/mol. The number of benzene rings is 1. The molecule has 4 heteroatoms. The Kier molecular flexibility index (Phi) is 4.17. The summed E-state index contributed by atoms with van der Waals surface area (Å²) in [7, 11) is 0. The van der Waals surface area contributed by atoms with Crippen molar-refractivity contribution in [2.45, 2.75) is 6.42 Å². The van der Waals surface area contributed by atoms with Crippen LogP contribution in [0.15, 0.2) is 28.7 Å². The number of rotatable bonds is 3. The second-order valence-corrected chi connectivity index (χ2v) is 4.06. The van der Waals surface area contributed by atoms with Crippen LogP contribution in [-0.2, 0) is 4.79 Å². The number of halogens is 2. The predicted octanol–water partition coefficient (Wildman–Crippen LogP) is 2.99. The molecule has 0 aromatic heterocycles. The van der Waals surface area contributed by atoms with E-state index in [1.165, 1.54) is 0 Å². The maximum absolute atomic E-state index is 10.5. The zero-order valence-electron chi connectivity index (χ0n) is 7.34.